The number of aromatic amines is 1. The number of nitrogens with one attached hydrogen (secondary N) is 4. The van der Waals surface area contributed by atoms with E-state index in [9.17, 15) is 29.4 Å². The van der Waals surface area contributed by atoms with Gasteiger partial charge in [0, 0.05) is 24.7 Å². The quantitative estimate of drug-likeness (QED) is 0.162. The van der Waals surface area contributed by atoms with E-state index in [0.717, 1.165) is 12.8 Å². The molecular weight excluding hydrogens is 504 g/mol. The highest BCUT2D eigenvalue weighted by Crippen LogP contribution is 2.14. The maximum absolute atomic E-state index is 13.5. The molecule has 12 nitrogen and oxygen atoms in total. The zero-order valence-corrected chi connectivity index (χ0v) is 22.6. The van der Waals surface area contributed by atoms with E-state index in [2.05, 4.69) is 25.9 Å². The summed E-state index contributed by atoms with van der Waals surface area (Å²) in [5.74, 6) is -3.27. The van der Waals surface area contributed by atoms with Crippen LogP contribution in [0.3, 0.4) is 0 Å². The van der Waals surface area contributed by atoms with Crippen molar-refractivity contribution < 1.29 is 29.4 Å². The summed E-state index contributed by atoms with van der Waals surface area (Å²) in [5, 5.41) is 27.2. The second-order valence-electron chi connectivity index (χ2n) is 9.73. The van der Waals surface area contributed by atoms with Crippen LogP contribution in [0.2, 0.25) is 0 Å². The van der Waals surface area contributed by atoms with E-state index in [1.54, 1.807) is 19.1 Å². The number of imidazole rings is 1. The predicted molar refractivity (Wildman–Crippen MR) is 144 cm³/mol. The average molecular weight is 545 g/mol. The summed E-state index contributed by atoms with van der Waals surface area (Å²) in [6.45, 7) is 5.60. The summed E-state index contributed by atoms with van der Waals surface area (Å²) >= 11 is 0. The van der Waals surface area contributed by atoms with Gasteiger partial charge < -0.3 is 36.9 Å². The number of nitrogens with zero attached hydrogens (tertiary/aromatic N) is 1. The number of rotatable bonds is 16. The minimum Gasteiger partial charge on any atom is -0.508 e. The molecule has 39 heavy (non-hydrogen) atoms. The number of hydrogen-bond donors (Lipinski definition) is 7. The minimum atomic E-state index is -1.24. The number of aliphatic carboxylic acids is 1. The molecule has 1 heterocycles. The number of carbonyl (C=O) groups is 4. The molecule has 5 atom stereocenters. The van der Waals surface area contributed by atoms with E-state index in [4.69, 9.17) is 5.73 Å². The van der Waals surface area contributed by atoms with Crippen LogP contribution < -0.4 is 21.7 Å². The lowest BCUT2D eigenvalue weighted by atomic mass is 9.96. The molecule has 12 heteroatoms. The van der Waals surface area contributed by atoms with Crippen molar-refractivity contribution in [2.75, 3.05) is 0 Å². The van der Waals surface area contributed by atoms with Crippen molar-refractivity contribution >= 4 is 23.7 Å². The molecular formula is C27H40N6O6. The lowest BCUT2D eigenvalue weighted by molar-refractivity contribution is -0.142. The highest BCUT2D eigenvalue weighted by atomic mass is 16.4. The molecule has 0 aliphatic rings. The fourth-order valence-corrected chi connectivity index (χ4v) is 3.94. The summed E-state index contributed by atoms with van der Waals surface area (Å²) in [5.41, 5.74) is 7.22. The second-order valence-corrected chi connectivity index (χ2v) is 9.73. The molecule has 0 bridgehead atoms. The smallest absolute Gasteiger partial charge is 0.326 e. The molecule has 0 fully saturated rings. The van der Waals surface area contributed by atoms with Crippen molar-refractivity contribution in [3.63, 3.8) is 0 Å². The Morgan fingerprint density at radius 3 is 2.21 bits per heavy atom. The van der Waals surface area contributed by atoms with Crippen molar-refractivity contribution in [3.05, 3.63) is 48.0 Å². The number of hydrogen-bond acceptors (Lipinski definition) is 7. The van der Waals surface area contributed by atoms with Gasteiger partial charge in [0.15, 0.2) is 0 Å². The molecule has 1 aromatic carbocycles. The summed E-state index contributed by atoms with van der Waals surface area (Å²) in [6.07, 6.45) is 5.55. The van der Waals surface area contributed by atoms with Gasteiger partial charge in [-0.2, -0.15) is 0 Å². The highest BCUT2D eigenvalue weighted by Gasteiger charge is 2.33. The maximum Gasteiger partial charge on any atom is 0.326 e. The van der Waals surface area contributed by atoms with Gasteiger partial charge in [0.25, 0.3) is 0 Å². The molecule has 0 unspecified atom stereocenters. The Hall–Kier alpha value is -3.93. The van der Waals surface area contributed by atoms with E-state index in [1.807, 2.05) is 13.8 Å². The molecule has 0 aliphatic heterocycles. The topological polar surface area (TPSA) is 200 Å². The van der Waals surface area contributed by atoms with Gasteiger partial charge in [0.05, 0.1) is 12.4 Å². The van der Waals surface area contributed by atoms with Crippen LogP contribution >= 0.6 is 0 Å². The third-order valence-electron chi connectivity index (χ3n) is 6.60. The van der Waals surface area contributed by atoms with Crippen LogP contribution in [-0.2, 0) is 32.0 Å². The lowest BCUT2D eigenvalue weighted by Crippen LogP contribution is -2.59. The normalized spacial score (nSPS) is 14.9. The second kappa shape index (κ2) is 15.5. The Bertz CT molecular complexity index is 1070. The zero-order valence-electron chi connectivity index (χ0n) is 22.6. The van der Waals surface area contributed by atoms with E-state index in [-0.39, 0.29) is 24.5 Å². The fraction of sp³-hybridized carbons (Fsp3) is 0.519. The number of H-pyrrole nitrogens is 1. The van der Waals surface area contributed by atoms with Crippen molar-refractivity contribution in [2.24, 2.45) is 11.7 Å². The molecule has 2 aromatic rings. The Morgan fingerprint density at radius 2 is 1.64 bits per heavy atom. The number of amides is 3. The fourth-order valence-electron chi connectivity index (χ4n) is 3.94. The largest absolute Gasteiger partial charge is 0.508 e. The molecule has 0 saturated carbocycles. The number of aromatic hydroxyl groups is 1. The number of unbranched alkanes of at least 4 members (excludes halogenated alkanes) is 1. The van der Waals surface area contributed by atoms with E-state index in [0.29, 0.717) is 24.1 Å². The Kier molecular flexibility index (Phi) is 12.4. The van der Waals surface area contributed by atoms with Gasteiger partial charge in [-0.05, 0) is 30.0 Å². The van der Waals surface area contributed by atoms with Crippen molar-refractivity contribution in [1.82, 2.24) is 25.9 Å². The molecule has 0 spiro atoms. The van der Waals surface area contributed by atoms with Crippen LogP contribution in [0.15, 0.2) is 36.8 Å². The summed E-state index contributed by atoms with van der Waals surface area (Å²) < 4.78 is 0. The molecule has 0 saturated heterocycles. The van der Waals surface area contributed by atoms with E-state index in [1.165, 1.54) is 24.7 Å². The number of phenolic OH excluding ortho intramolecular Hbond substituents is 1. The van der Waals surface area contributed by atoms with E-state index >= 15 is 0 Å². The molecule has 8 N–H and O–H groups in total. The summed E-state index contributed by atoms with van der Waals surface area (Å²) in [6, 6.07) is 2.04. The molecule has 0 aliphatic carbocycles. The number of phenols is 1. The number of nitrogens with two attached hydrogens (primary N) is 1. The van der Waals surface area contributed by atoms with Crippen LogP contribution in [0.1, 0.15) is 57.7 Å². The Balaban J connectivity index is 2.22. The van der Waals surface area contributed by atoms with Crippen molar-refractivity contribution in [3.8, 4) is 5.75 Å². The SMILES string of the molecule is CCCC[C@H](N)C(=O)N[C@@H](Cc1ccc(O)cc1)C(=O)N[C@H](C(=O)N[C@@H](Cc1cnc[nH]1)C(=O)O)[C@@H](C)CC. The first-order chi connectivity index (χ1) is 18.5. The summed E-state index contributed by atoms with van der Waals surface area (Å²) in [7, 11) is 0. The summed E-state index contributed by atoms with van der Waals surface area (Å²) in [4.78, 5) is 58.0. The predicted octanol–water partition coefficient (Wildman–Crippen LogP) is 1.00. The van der Waals surface area contributed by atoms with Gasteiger partial charge in [-0.15, -0.1) is 0 Å². The highest BCUT2D eigenvalue weighted by molar-refractivity contribution is 5.94. The lowest BCUT2D eigenvalue weighted by Gasteiger charge is -2.28. The van der Waals surface area contributed by atoms with Crippen LogP contribution in [0.5, 0.6) is 5.75 Å². The molecule has 2 rings (SSSR count). The van der Waals surface area contributed by atoms with Gasteiger partial charge >= 0.3 is 5.97 Å². The Morgan fingerprint density at radius 1 is 0.974 bits per heavy atom. The minimum absolute atomic E-state index is 0.0164. The van der Waals surface area contributed by atoms with Crippen molar-refractivity contribution in [1.29, 1.82) is 0 Å². The Labute approximate surface area is 228 Å². The third kappa shape index (κ3) is 10.0. The molecule has 3 amide bonds. The van der Waals surface area contributed by atoms with Gasteiger partial charge in [0.2, 0.25) is 17.7 Å². The maximum atomic E-state index is 13.5. The first-order valence-electron chi connectivity index (χ1n) is 13.2. The van der Waals surface area contributed by atoms with Gasteiger partial charge in [0.1, 0.15) is 23.9 Å². The number of benzene rings is 1. The molecule has 0 radical (unpaired) electrons. The van der Waals surface area contributed by atoms with Gasteiger partial charge in [-0.3, -0.25) is 14.4 Å². The number of carbonyl (C=O) groups excluding carboxylic acids is 3. The van der Waals surface area contributed by atoms with Gasteiger partial charge in [-0.25, -0.2) is 9.78 Å². The monoisotopic (exact) mass is 544 g/mol. The standard InChI is InChI=1S/C27H40N6O6/c1-4-6-7-20(28)24(35)31-21(12-17-8-10-19(34)11-9-17)25(36)33-23(16(3)5-2)26(37)32-22(27(38)39)13-18-14-29-15-30-18/h8-11,14-16,20-23,34H,4-7,12-13,28H2,1-3H3,(H,29,30)(H,31,35)(H,32,37)(H,33,36)(H,38,39)/t16-,20-,21-,22-,23-/m0/s1. The van der Waals surface area contributed by atoms with Gasteiger partial charge in [-0.1, -0.05) is 52.2 Å². The zero-order chi connectivity index (χ0) is 28.9. The van der Waals surface area contributed by atoms with E-state index < -0.39 is 47.9 Å². The molecule has 1 aromatic heterocycles. The first-order valence-corrected chi connectivity index (χ1v) is 13.2. The molecule has 214 valence electrons. The van der Waals surface area contributed by atoms with Crippen LogP contribution in [0.4, 0.5) is 0 Å². The first kappa shape index (κ1) is 31.3. The van der Waals surface area contributed by atoms with Crippen molar-refractivity contribution in [2.45, 2.75) is 83.5 Å². The number of carboxylic acids is 1. The van der Waals surface area contributed by atoms with Crippen LogP contribution in [-0.4, -0.2) is 68.0 Å². The number of carboxylic acid groups (broad SMARTS) is 1. The third-order valence-corrected chi connectivity index (χ3v) is 6.60. The number of aromatic nitrogens is 2. The van der Waals surface area contributed by atoms with Crippen LogP contribution in [0, 0.1) is 5.92 Å². The van der Waals surface area contributed by atoms with Crippen LogP contribution in [0.25, 0.3) is 0 Å². The average Bonchev–Trinajstić information content (AvgIpc) is 3.43.